The maximum absolute atomic E-state index is 9.39. The van der Waals surface area contributed by atoms with Gasteiger partial charge in [0.1, 0.15) is 4.75 Å². The molecule has 0 spiro atoms. The summed E-state index contributed by atoms with van der Waals surface area (Å²) in [5.74, 6) is 1.14. The fraction of sp³-hybridized carbons (Fsp3) is 0.500. The van der Waals surface area contributed by atoms with Gasteiger partial charge in [-0.1, -0.05) is 18.2 Å². The standard InChI is InChI=1S/C14H17NS/c1-11-5-3-6-12(2)13(11)9-14(10-15)7-4-8-16-14/h3,5-6H,4,7-9H2,1-2H3. The van der Waals surface area contributed by atoms with Crippen molar-refractivity contribution >= 4 is 11.8 Å². The van der Waals surface area contributed by atoms with Crippen LogP contribution < -0.4 is 0 Å². The van der Waals surface area contributed by atoms with Crippen LogP contribution in [-0.4, -0.2) is 10.5 Å². The van der Waals surface area contributed by atoms with Crippen molar-refractivity contribution < 1.29 is 0 Å². The highest BCUT2D eigenvalue weighted by molar-refractivity contribution is 8.01. The first kappa shape index (κ1) is 11.5. The van der Waals surface area contributed by atoms with Crippen LogP contribution in [-0.2, 0) is 6.42 Å². The normalized spacial score (nSPS) is 24.3. The average Bonchev–Trinajstić information content (AvgIpc) is 2.73. The van der Waals surface area contributed by atoms with Crippen LogP contribution in [0.2, 0.25) is 0 Å². The number of hydrogen-bond acceptors (Lipinski definition) is 2. The SMILES string of the molecule is Cc1cccc(C)c1CC1(C#N)CCCS1. The van der Waals surface area contributed by atoms with Crippen molar-refractivity contribution in [2.45, 2.75) is 37.9 Å². The zero-order chi connectivity index (χ0) is 11.6. The van der Waals surface area contributed by atoms with Gasteiger partial charge in [-0.15, -0.1) is 11.8 Å². The Bertz CT molecular complexity index is 405. The van der Waals surface area contributed by atoms with E-state index in [1.165, 1.54) is 23.1 Å². The fourth-order valence-corrected chi connectivity index (χ4v) is 3.66. The van der Waals surface area contributed by atoms with E-state index in [0.717, 1.165) is 18.6 Å². The van der Waals surface area contributed by atoms with Crippen molar-refractivity contribution in [3.8, 4) is 6.07 Å². The lowest BCUT2D eigenvalue weighted by Crippen LogP contribution is -2.22. The highest BCUT2D eigenvalue weighted by atomic mass is 32.2. The minimum Gasteiger partial charge on any atom is -0.197 e. The molecule has 2 rings (SSSR count). The highest BCUT2D eigenvalue weighted by Crippen LogP contribution is 2.41. The van der Waals surface area contributed by atoms with Crippen LogP contribution in [0.5, 0.6) is 0 Å². The summed E-state index contributed by atoms with van der Waals surface area (Å²) in [6, 6.07) is 8.93. The summed E-state index contributed by atoms with van der Waals surface area (Å²) in [5.41, 5.74) is 4.02. The van der Waals surface area contributed by atoms with Crippen molar-refractivity contribution in [2.24, 2.45) is 0 Å². The summed E-state index contributed by atoms with van der Waals surface area (Å²) in [6.45, 7) is 4.29. The first-order chi connectivity index (χ1) is 7.67. The third kappa shape index (κ3) is 2.10. The van der Waals surface area contributed by atoms with E-state index in [2.05, 4.69) is 38.1 Å². The van der Waals surface area contributed by atoms with Gasteiger partial charge in [0.15, 0.2) is 0 Å². The summed E-state index contributed by atoms with van der Waals surface area (Å²) in [5, 5.41) is 9.39. The molecular weight excluding hydrogens is 214 g/mol. The van der Waals surface area contributed by atoms with E-state index in [1.54, 1.807) is 0 Å². The summed E-state index contributed by atoms with van der Waals surface area (Å²) >= 11 is 1.84. The topological polar surface area (TPSA) is 23.8 Å². The van der Waals surface area contributed by atoms with Gasteiger partial charge in [0, 0.05) is 6.42 Å². The van der Waals surface area contributed by atoms with Crippen LogP contribution in [0.1, 0.15) is 29.5 Å². The van der Waals surface area contributed by atoms with Crippen LogP contribution in [0.3, 0.4) is 0 Å². The van der Waals surface area contributed by atoms with Crippen molar-refractivity contribution in [3.63, 3.8) is 0 Å². The summed E-state index contributed by atoms with van der Waals surface area (Å²) < 4.78 is -0.156. The van der Waals surface area contributed by atoms with Crippen LogP contribution >= 0.6 is 11.8 Å². The molecule has 1 heterocycles. The summed E-state index contributed by atoms with van der Waals surface area (Å²) in [4.78, 5) is 0. The van der Waals surface area contributed by atoms with Crippen molar-refractivity contribution in [3.05, 3.63) is 34.9 Å². The Morgan fingerprint density at radius 2 is 2.06 bits per heavy atom. The Morgan fingerprint density at radius 1 is 1.38 bits per heavy atom. The number of nitrogens with zero attached hydrogens (tertiary/aromatic N) is 1. The van der Waals surface area contributed by atoms with Crippen LogP contribution in [0, 0.1) is 25.2 Å². The van der Waals surface area contributed by atoms with Gasteiger partial charge in [-0.3, -0.25) is 0 Å². The number of thioether (sulfide) groups is 1. The molecule has 1 nitrogen and oxygen atoms in total. The highest BCUT2D eigenvalue weighted by Gasteiger charge is 2.35. The largest absolute Gasteiger partial charge is 0.197 e. The summed E-state index contributed by atoms with van der Waals surface area (Å²) in [7, 11) is 0. The molecule has 0 saturated carbocycles. The zero-order valence-corrected chi connectivity index (χ0v) is 10.7. The number of rotatable bonds is 2. The Hall–Kier alpha value is -0.940. The molecule has 1 aromatic carbocycles. The smallest absolute Gasteiger partial charge is 0.106 e. The van der Waals surface area contributed by atoms with Gasteiger partial charge in [-0.2, -0.15) is 5.26 Å². The van der Waals surface area contributed by atoms with E-state index >= 15 is 0 Å². The quantitative estimate of drug-likeness (QED) is 0.776. The molecule has 2 heteroatoms. The molecule has 16 heavy (non-hydrogen) atoms. The lowest BCUT2D eigenvalue weighted by Gasteiger charge is -2.21. The average molecular weight is 231 g/mol. The second-order valence-electron chi connectivity index (χ2n) is 4.61. The Morgan fingerprint density at radius 3 is 2.56 bits per heavy atom. The third-order valence-corrected chi connectivity index (χ3v) is 4.90. The molecular formula is C14H17NS. The van der Waals surface area contributed by atoms with Gasteiger partial charge < -0.3 is 0 Å². The van der Waals surface area contributed by atoms with Gasteiger partial charge in [-0.25, -0.2) is 0 Å². The van der Waals surface area contributed by atoms with E-state index in [-0.39, 0.29) is 4.75 Å². The first-order valence-corrected chi connectivity index (χ1v) is 6.76. The number of aryl methyl sites for hydroxylation is 2. The predicted molar refractivity (Wildman–Crippen MR) is 69.7 cm³/mol. The van der Waals surface area contributed by atoms with Gasteiger partial charge in [0.2, 0.25) is 0 Å². The molecule has 1 aromatic rings. The summed E-state index contributed by atoms with van der Waals surface area (Å²) in [6.07, 6.45) is 3.14. The molecule has 84 valence electrons. The number of benzene rings is 1. The molecule has 1 atom stereocenters. The maximum atomic E-state index is 9.39. The molecule has 1 aliphatic heterocycles. The monoisotopic (exact) mass is 231 g/mol. The minimum absolute atomic E-state index is 0.156. The Kier molecular flexibility index (Phi) is 3.25. The van der Waals surface area contributed by atoms with Gasteiger partial charge in [-0.05, 0) is 49.1 Å². The van der Waals surface area contributed by atoms with Gasteiger partial charge >= 0.3 is 0 Å². The molecule has 0 N–H and O–H groups in total. The Balaban J connectivity index is 2.30. The third-order valence-electron chi connectivity index (χ3n) is 3.41. The van der Waals surface area contributed by atoms with Gasteiger partial charge in [0.05, 0.1) is 6.07 Å². The molecule has 0 radical (unpaired) electrons. The van der Waals surface area contributed by atoms with E-state index in [0.29, 0.717) is 0 Å². The van der Waals surface area contributed by atoms with Crippen LogP contribution in [0.25, 0.3) is 0 Å². The maximum Gasteiger partial charge on any atom is 0.106 e. The molecule has 1 aliphatic rings. The predicted octanol–water partition coefficient (Wildman–Crippen LogP) is 3.64. The van der Waals surface area contributed by atoms with Crippen molar-refractivity contribution in [1.29, 1.82) is 5.26 Å². The zero-order valence-electron chi connectivity index (χ0n) is 9.92. The minimum atomic E-state index is -0.156. The molecule has 1 fully saturated rings. The number of hydrogen-bond donors (Lipinski definition) is 0. The fourth-order valence-electron chi connectivity index (χ4n) is 2.38. The van der Waals surface area contributed by atoms with E-state index in [9.17, 15) is 5.26 Å². The molecule has 0 amide bonds. The van der Waals surface area contributed by atoms with Crippen molar-refractivity contribution in [2.75, 3.05) is 5.75 Å². The van der Waals surface area contributed by atoms with E-state index < -0.39 is 0 Å². The van der Waals surface area contributed by atoms with Crippen molar-refractivity contribution in [1.82, 2.24) is 0 Å². The molecule has 0 aromatic heterocycles. The van der Waals surface area contributed by atoms with E-state index in [4.69, 9.17) is 0 Å². The Labute approximate surface area is 102 Å². The van der Waals surface area contributed by atoms with E-state index in [1.807, 2.05) is 11.8 Å². The second kappa shape index (κ2) is 4.51. The molecule has 0 bridgehead atoms. The first-order valence-electron chi connectivity index (χ1n) is 5.77. The van der Waals surface area contributed by atoms with Crippen LogP contribution in [0.4, 0.5) is 0 Å². The van der Waals surface area contributed by atoms with Gasteiger partial charge in [0.25, 0.3) is 0 Å². The lowest BCUT2D eigenvalue weighted by atomic mass is 9.90. The molecule has 0 aliphatic carbocycles. The second-order valence-corrected chi connectivity index (χ2v) is 6.08. The molecule has 1 unspecified atom stereocenters. The lowest BCUT2D eigenvalue weighted by molar-refractivity contribution is 0.668. The number of nitriles is 1. The molecule has 1 saturated heterocycles. The van der Waals surface area contributed by atoms with Crippen LogP contribution in [0.15, 0.2) is 18.2 Å².